The lowest BCUT2D eigenvalue weighted by atomic mass is 9.94. The minimum Gasteiger partial charge on any atom is -0.406 e. The first-order chi connectivity index (χ1) is 9.87. The van der Waals surface area contributed by atoms with Gasteiger partial charge >= 0.3 is 6.36 Å². The highest BCUT2D eigenvalue weighted by Crippen LogP contribution is 2.24. The van der Waals surface area contributed by atoms with E-state index in [0.29, 0.717) is 25.3 Å². The van der Waals surface area contributed by atoms with Crippen LogP contribution < -0.4 is 4.74 Å². The maximum atomic E-state index is 12.1. The summed E-state index contributed by atoms with van der Waals surface area (Å²) < 4.78 is 40.0. The van der Waals surface area contributed by atoms with E-state index >= 15 is 0 Å². The second-order valence-electron chi connectivity index (χ2n) is 5.25. The number of likely N-dealkylation sites (tertiary alicyclic amines) is 1. The Kier molecular flexibility index (Phi) is 4.88. The van der Waals surface area contributed by atoms with Gasteiger partial charge in [-0.2, -0.15) is 0 Å². The number of ketones is 1. The van der Waals surface area contributed by atoms with E-state index in [-0.39, 0.29) is 11.7 Å². The van der Waals surface area contributed by atoms with E-state index in [9.17, 15) is 18.0 Å². The molecule has 0 saturated carbocycles. The molecule has 0 amide bonds. The van der Waals surface area contributed by atoms with Crippen molar-refractivity contribution in [1.29, 1.82) is 0 Å². The van der Waals surface area contributed by atoms with Gasteiger partial charge < -0.3 is 4.74 Å². The summed E-state index contributed by atoms with van der Waals surface area (Å²) in [6, 6.07) is 5.88. The molecule has 0 spiro atoms. The number of hydrogen-bond donors (Lipinski definition) is 0. The van der Waals surface area contributed by atoms with Gasteiger partial charge in [0.1, 0.15) is 11.5 Å². The van der Waals surface area contributed by atoms with Crippen molar-refractivity contribution >= 4 is 5.78 Å². The van der Waals surface area contributed by atoms with Gasteiger partial charge in [0.05, 0.1) is 0 Å². The van der Waals surface area contributed by atoms with Gasteiger partial charge in [-0.3, -0.25) is 9.69 Å². The molecule has 0 aromatic heterocycles. The van der Waals surface area contributed by atoms with Crippen LogP contribution >= 0.6 is 0 Å². The summed E-state index contributed by atoms with van der Waals surface area (Å²) in [5.74, 6) is 0.167. The van der Waals surface area contributed by atoms with Crippen LogP contribution in [0.1, 0.15) is 25.3 Å². The predicted molar refractivity (Wildman–Crippen MR) is 71.8 cm³/mol. The van der Waals surface area contributed by atoms with Crippen LogP contribution in [0.15, 0.2) is 24.3 Å². The van der Waals surface area contributed by atoms with Crippen LogP contribution in [0.2, 0.25) is 0 Å². The fraction of sp³-hybridized carbons (Fsp3) is 0.533. The summed E-state index contributed by atoms with van der Waals surface area (Å²) in [6.45, 7) is 4.05. The first-order valence-electron chi connectivity index (χ1n) is 6.97. The van der Waals surface area contributed by atoms with E-state index in [1.165, 1.54) is 12.1 Å². The Labute approximate surface area is 121 Å². The van der Waals surface area contributed by atoms with Gasteiger partial charge in [0, 0.05) is 32.0 Å². The van der Waals surface area contributed by atoms with E-state index in [0.717, 1.165) is 18.5 Å². The molecule has 1 atom stereocenters. The molecule has 6 heteroatoms. The van der Waals surface area contributed by atoms with Gasteiger partial charge in [-0.25, -0.2) is 0 Å². The zero-order chi connectivity index (χ0) is 15.5. The molecule has 1 aliphatic rings. The number of piperidine rings is 1. The van der Waals surface area contributed by atoms with Crippen LogP contribution in [0.25, 0.3) is 0 Å². The molecule has 1 unspecified atom stereocenters. The average Bonchev–Trinajstić information content (AvgIpc) is 2.41. The number of carbonyl (C=O) groups excluding carboxylic acids is 1. The fourth-order valence-corrected chi connectivity index (χ4v) is 2.53. The number of hydrogen-bond acceptors (Lipinski definition) is 3. The Bertz CT molecular complexity index is 485. The number of rotatable bonds is 4. The molecule has 1 aromatic carbocycles. The van der Waals surface area contributed by atoms with Crippen LogP contribution in [0.3, 0.4) is 0 Å². The first kappa shape index (κ1) is 15.8. The zero-order valence-electron chi connectivity index (χ0n) is 11.8. The molecule has 1 aromatic rings. The highest BCUT2D eigenvalue weighted by Gasteiger charge is 2.31. The molecular weight excluding hydrogens is 283 g/mol. The van der Waals surface area contributed by atoms with Crippen LogP contribution in [0.4, 0.5) is 13.2 Å². The molecule has 1 aliphatic heterocycles. The van der Waals surface area contributed by atoms with Crippen LogP contribution in [0.5, 0.6) is 5.75 Å². The van der Waals surface area contributed by atoms with E-state index in [1.807, 2.05) is 6.92 Å². The molecular formula is C15H18F3NO2. The Balaban J connectivity index is 1.93. The molecule has 2 rings (SSSR count). The summed E-state index contributed by atoms with van der Waals surface area (Å²) >= 11 is 0. The molecule has 1 saturated heterocycles. The normalized spacial score (nSPS) is 20.6. The van der Waals surface area contributed by atoms with Gasteiger partial charge in [0.2, 0.25) is 0 Å². The van der Waals surface area contributed by atoms with Crippen molar-refractivity contribution in [3.05, 3.63) is 29.8 Å². The van der Waals surface area contributed by atoms with Crippen molar-refractivity contribution in [2.24, 2.45) is 5.92 Å². The monoisotopic (exact) mass is 301 g/mol. The molecule has 1 fully saturated rings. The van der Waals surface area contributed by atoms with Gasteiger partial charge in [0.15, 0.2) is 0 Å². The minimum absolute atomic E-state index is 0.0755. The summed E-state index contributed by atoms with van der Waals surface area (Å²) in [4.78, 5) is 13.8. The van der Waals surface area contributed by atoms with Gasteiger partial charge in [-0.05, 0) is 24.1 Å². The summed E-state index contributed by atoms with van der Waals surface area (Å²) in [7, 11) is 0. The molecule has 0 N–H and O–H groups in total. The van der Waals surface area contributed by atoms with Crippen LogP contribution in [-0.4, -0.2) is 30.1 Å². The van der Waals surface area contributed by atoms with E-state index in [4.69, 9.17) is 0 Å². The topological polar surface area (TPSA) is 29.5 Å². The molecule has 0 bridgehead atoms. The van der Waals surface area contributed by atoms with Crippen LogP contribution in [-0.2, 0) is 11.3 Å². The maximum Gasteiger partial charge on any atom is 0.573 e. The lowest BCUT2D eigenvalue weighted by molar-refractivity contribution is -0.274. The highest BCUT2D eigenvalue weighted by atomic mass is 19.4. The number of ether oxygens (including phenoxy) is 1. The lowest BCUT2D eigenvalue weighted by Gasteiger charge is -2.31. The number of benzene rings is 1. The third-order valence-corrected chi connectivity index (χ3v) is 3.66. The smallest absolute Gasteiger partial charge is 0.406 e. The number of alkyl halides is 3. The molecule has 116 valence electrons. The van der Waals surface area contributed by atoms with Crippen molar-refractivity contribution in [2.75, 3.05) is 13.1 Å². The van der Waals surface area contributed by atoms with E-state index < -0.39 is 6.36 Å². The Morgan fingerprint density at radius 1 is 1.29 bits per heavy atom. The lowest BCUT2D eigenvalue weighted by Crippen LogP contribution is -2.40. The second-order valence-corrected chi connectivity index (χ2v) is 5.25. The van der Waals surface area contributed by atoms with Crippen molar-refractivity contribution in [2.45, 2.75) is 32.7 Å². The quantitative estimate of drug-likeness (QED) is 0.854. The largest absolute Gasteiger partial charge is 0.573 e. The van der Waals surface area contributed by atoms with Crippen molar-refractivity contribution < 1.29 is 22.7 Å². The Morgan fingerprint density at radius 2 is 1.95 bits per heavy atom. The Hall–Kier alpha value is -1.56. The van der Waals surface area contributed by atoms with Gasteiger partial charge in [-0.1, -0.05) is 19.1 Å². The number of Topliss-reactive ketones (excluding diaryl/α,β-unsaturated/α-hetero) is 1. The summed E-state index contributed by atoms with van der Waals surface area (Å²) in [6.07, 6.45) is -3.29. The molecule has 1 heterocycles. The summed E-state index contributed by atoms with van der Waals surface area (Å²) in [5.41, 5.74) is 0.911. The first-order valence-corrected chi connectivity index (χ1v) is 6.97. The van der Waals surface area contributed by atoms with E-state index in [1.54, 1.807) is 12.1 Å². The minimum atomic E-state index is -4.66. The SMILES string of the molecule is CCC1CN(Cc2ccc(OC(F)(F)F)cc2)CCC1=O. The van der Waals surface area contributed by atoms with E-state index in [2.05, 4.69) is 9.64 Å². The van der Waals surface area contributed by atoms with Crippen molar-refractivity contribution in [3.8, 4) is 5.75 Å². The van der Waals surface area contributed by atoms with Crippen molar-refractivity contribution in [1.82, 2.24) is 4.90 Å². The third-order valence-electron chi connectivity index (χ3n) is 3.66. The molecule has 3 nitrogen and oxygen atoms in total. The average molecular weight is 301 g/mol. The van der Waals surface area contributed by atoms with Gasteiger partial charge in [-0.15, -0.1) is 13.2 Å². The predicted octanol–water partition coefficient (Wildman–Crippen LogP) is 3.39. The number of nitrogens with zero attached hydrogens (tertiary/aromatic N) is 1. The third kappa shape index (κ3) is 4.74. The molecule has 21 heavy (non-hydrogen) atoms. The Morgan fingerprint density at radius 3 is 2.52 bits per heavy atom. The van der Waals surface area contributed by atoms with Crippen molar-refractivity contribution in [3.63, 3.8) is 0 Å². The highest BCUT2D eigenvalue weighted by molar-refractivity contribution is 5.82. The van der Waals surface area contributed by atoms with Crippen LogP contribution in [0, 0.1) is 5.92 Å². The standard InChI is InChI=1S/C15H18F3NO2/c1-2-12-10-19(8-7-14(12)20)9-11-3-5-13(6-4-11)21-15(16,17)18/h3-6,12H,2,7-10H2,1H3. The zero-order valence-corrected chi connectivity index (χ0v) is 11.8. The summed E-state index contributed by atoms with van der Waals surface area (Å²) in [5, 5.41) is 0. The molecule has 0 radical (unpaired) electrons. The number of carbonyl (C=O) groups is 1. The molecule has 0 aliphatic carbocycles. The number of halogens is 3. The maximum absolute atomic E-state index is 12.1. The second kappa shape index (κ2) is 6.47. The fourth-order valence-electron chi connectivity index (χ4n) is 2.53. The van der Waals surface area contributed by atoms with Gasteiger partial charge in [0.25, 0.3) is 0 Å².